The largest absolute Gasteiger partial charge is 0.463 e. The van der Waals surface area contributed by atoms with Crippen molar-refractivity contribution in [2.24, 2.45) is 0 Å². The Labute approximate surface area is 167 Å². The summed E-state index contributed by atoms with van der Waals surface area (Å²) in [5, 5.41) is 10.5. The molecule has 0 saturated carbocycles. The number of aromatic nitrogens is 2. The number of rotatable bonds is 6. The summed E-state index contributed by atoms with van der Waals surface area (Å²) in [5.41, 5.74) is -1.69. The number of aromatic amines is 1. The molecule has 0 spiro atoms. The zero-order valence-corrected chi connectivity index (χ0v) is 16.4. The highest BCUT2D eigenvalue weighted by molar-refractivity contribution is 8.03. The van der Waals surface area contributed by atoms with Crippen LogP contribution < -0.4 is 11.2 Å². The van der Waals surface area contributed by atoms with E-state index in [1.807, 2.05) is 4.98 Å². The Balaban J connectivity index is 2.51. The van der Waals surface area contributed by atoms with Crippen LogP contribution in [0.4, 0.5) is 0 Å². The molecule has 2 heterocycles. The van der Waals surface area contributed by atoms with E-state index >= 15 is 0 Å². The van der Waals surface area contributed by atoms with E-state index in [0.717, 1.165) is 31.5 Å². The second-order valence-corrected chi connectivity index (χ2v) is 6.70. The Morgan fingerprint density at radius 1 is 1.17 bits per heavy atom. The maximum Gasteiger partial charge on any atom is 0.330 e. The summed E-state index contributed by atoms with van der Waals surface area (Å²) >= 11 is 0.509. The molecule has 1 aromatic rings. The predicted octanol–water partition coefficient (Wildman–Crippen LogP) is -0.566. The van der Waals surface area contributed by atoms with Crippen molar-refractivity contribution >= 4 is 29.7 Å². The number of thioether (sulfide) groups is 1. The van der Waals surface area contributed by atoms with Crippen LogP contribution in [-0.2, 0) is 33.3 Å². The van der Waals surface area contributed by atoms with Crippen molar-refractivity contribution in [1.82, 2.24) is 9.55 Å². The summed E-state index contributed by atoms with van der Waals surface area (Å²) < 4.78 is 21.9. The average molecular weight is 427 g/mol. The topological polar surface area (TPSA) is 167 Å². The molecule has 0 aromatic carbocycles. The number of nitrogens with zero attached hydrogens (tertiary/aromatic N) is 2. The highest BCUT2D eigenvalue weighted by Gasteiger charge is 2.51. The highest BCUT2D eigenvalue weighted by Crippen LogP contribution is 2.34. The Bertz CT molecular complexity index is 964. The van der Waals surface area contributed by atoms with Crippen LogP contribution >= 0.6 is 11.8 Å². The second kappa shape index (κ2) is 9.39. The number of H-pyrrole nitrogens is 1. The first-order chi connectivity index (χ1) is 13.6. The van der Waals surface area contributed by atoms with Crippen LogP contribution in [0.25, 0.3) is 0 Å². The third-order valence-electron chi connectivity index (χ3n) is 3.71. The van der Waals surface area contributed by atoms with E-state index in [4.69, 9.17) is 24.2 Å². The maximum atomic E-state index is 12.3. The van der Waals surface area contributed by atoms with Gasteiger partial charge in [-0.1, -0.05) is 0 Å². The number of hydrogen-bond donors (Lipinski definition) is 1. The molecule has 156 valence electrons. The zero-order chi connectivity index (χ0) is 21.7. The monoisotopic (exact) mass is 427 g/mol. The van der Waals surface area contributed by atoms with Crippen LogP contribution in [0.3, 0.4) is 0 Å². The first kappa shape index (κ1) is 22.2. The number of nitrogens with one attached hydrogen (secondary N) is 1. The van der Waals surface area contributed by atoms with Gasteiger partial charge in [0.1, 0.15) is 23.0 Å². The molecule has 0 amide bonds. The van der Waals surface area contributed by atoms with Crippen LogP contribution in [0.2, 0.25) is 0 Å². The molecule has 0 aliphatic carbocycles. The molecule has 29 heavy (non-hydrogen) atoms. The summed E-state index contributed by atoms with van der Waals surface area (Å²) in [6.45, 7) is 3.04. The number of nitriles is 1. The third-order valence-corrected chi connectivity index (χ3v) is 4.31. The van der Waals surface area contributed by atoms with E-state index in [2.05, 4.69) is 0 Å². The van der Waals surface area contributed by atoms with E-state index in [1.165, 1.54) is 0 Å². The standard InChI is InChI=1S/C16H17N3O9S/c1-7(20)25-5-10-12(26-8(2)21)13(27-9(3)22)15(28-10)19-4-11(29-6-17)14(23)18-16(19)24/h4,10,12-13,15H,5H2,1-3H3,(H,18,23,24). The van der Waals surface area contributed by atoms with Crippen LogP contribution in [0, 0.1) is 10.7 Å². The van der Waals surface area contributed by atoms with Crippen LogP contribution in [0.1, 0.15) is 27.0 Å². The molecule has 1 aliphatic rings. The number of carbonyl (C=O) groups excluding carboxylic acids is 3. The molecule has 2 rings (SSSR count). The summed E-state index contributed by atoms with van der Waals surface area (Å²) in [7, 11) is 0. The van der Waals surface area contributed by atoms with E-state index in [1.54, 1.807) is 5.40 Å². The first-order valence-corrected chi connectivity index (χ1v) is 9.00. The Morgan fingerprint density at radius 2 is 1.79 bits per heavy atom. The van der Waals surface area contributed by atoms with Gasteiger partial charge in [-0.3, -0.25) is 28.7 Å². The van der Waals surface area contributed by atoms with E-state index in [-0.39, 0.29) is 11.5 Å². The molecule has 1 aromatic heterocycles. The quantitative estimate of drug-likeness (QED) is 0.267. The molecule has 4 atom stereocenters. The lowest BCUT2D eigenvalue weighted by Gasteiger charge is -2.24. The van der Waals surface area contributed by atoms with Crippen molar-refractivity contribution in [3.8, 4) is 5.40 Å². The van der Waals surface area contributed by atoms with Gasteiger partial charge in [0.2, 0.25) is 0 Å². The summed E-state index contributed by atoms with van der Waals surface area (Å²) in [6, 6.07) is 0. The minimum absolute atomic E-state index is 0.107. The minimum atomic E-state index is -1.33. The maximum absolute atomic E-state index is 12.3. The molecule has 1 aliphatic heterocycles. The van der Waals surface area contributed by atoms with Gasteiger partial charge in [0.15, 0.2) is 18.4 Å². The van der Waals surface area contributed by atoms with Crippen LogP contribution in [0.15, 0.2) is 20.7 Å². The van der Waals surface area contributed by atoms with E-state index in [0.29, 0.717) is 11.8 Å². The van der Waals surface area contributed by atoms with Crippen molar-refractivity contribution in [3.05, 3.63) is 27.0 Å². The van der Waals surface area contributed by atoms with Crippen molar-refractivity contribution < 1.29 is 33.3 Å². The molecular formula is C16H17N3O9S. The van der Waals surface area contributed by atoms with Gasteiger partial charge >= 0.3 is 23.6 Å². The lowest BCUT2D eigenvalue weighted by Crippen LogP contribution is -2.42. The Morgan fingerprint density at radius 3 is 2.34 bits per heavy atom. The summed E-state index contributed by atoms with van der Waals surface area (Å²) in [6.07, 6.45) is -3.82. The normalized spacial score (nSPS) is 23.1. The minimum Gasteiger partial charge on any atom is -0.463 e. The predicted molar refractivity (Wildman–Crippen MR) is 94.4 cm³/mol. The zero-order valence-electron chi connectivity index (χ0n) is 15.6. The van der Waals surface area contributed by atoms with Gasteiger partial charge in [0, 0.05) is 27.0 Å². The number of ether oxygens (including phenoxy) is 4. The van der Waals surface area contributed by atoms with Gasteiger partial charge < -0.3 is 18.9 Å². The number of thiocyanates is 1. The van der Waals surface area contributed by atoms with Crippen molar-refractivity contribution in [2.45, 2.75) is 50.2 Å². The molecule has 1 fully saturated rings. The summed E-state index contributed by atoms with van der Waals surface area (Å²) in [4.78, 5) is 60.3. The van der Waals surface area contributed by atoms with Gasteiger partial charge in [-0.2, -0.15) is 5.26 Å². The third kappa shape index (κ3) is 5.46. The smallest absolute Gasteiger partial charge is 0.330 e. The van der Waals surface area contributed by atoms with Crippen molar-refractivity contribution in [3.63, 3.8) is 0 Å². The Kier molecular flexibility index (Phi) is 7.18. The highest BCUT2D eigenvalue weighted by atomic mass is 32.2. The van der Waals surface area contributed by atoms with Crippen molar-refractivity contribution in [1.29, 1.82) is 5.26 Å². The van der Waals surface area contributed by atoms with Crippen molar-refractivity contribution in [2.75, 3.05) is 6.61 Å². The van der Waals surface area contributed by atoms with Crippen LogP contribution in [-0.4, -0.2) is 52.4 Å². The van der Waals surface area contributed by atoms with Gasteiger partial charge in [-0.05, 0) is 11.8 Å². The molecule has 0 radical (unpaired) electrons. The lowest BCUT2D eigenvalue weighted by atomic mass is 10.1. The van der Waals surface area contributed by atoms with E-state index in [9.17, 15) is 24.0 Å². The van der Waals surface area contributed by atoms with Gasteiger partial charge in [0.05, 0.1) is 0 Å². The average Bonchev–Trinajstić information content (AvgIpc) is 2.92. The molecule has 1 saturated heterocycles. The SMILES string of the molecule is CC(=O)OCC1OC(n2cc(SC#N)c(=O)[nH]c2=O)C(OC(C)=O)C1OC(C)=O. The van der Waals surface area contributed by atoms with Gasteiger partial charge in [0.25, 0.3) is 5.56 Å². The summed E-state index contributed by atoms with van der Waals surface area (Å²) in [5.74, 6) is -2.10. The molecular weight excluding hydrogens is 410 g/mol. The fourth-order valence-electron chi connectivity index (χ4n) is 2.69. The fraction of sp³-hybridized carbons (Fsp3) is 0.500. The number of esters is 3. The second-order valence-electron chi connectivity index (χ2n) is 5.87. The molecule has 13 heteroatoms. The number of hydrogen-bond acceptors (Lipinski definition) is 11. The van der Waals surface area contributed by atoms with Crippen LogP contribution in [0.5, 0.6) is 0 Å². The first-order valence-electron chi connectivity index (χ1n) is 8.18. The molecule has 1 N–H and O–H groups in total. The molecule has 12 nitrogen and oxygen atoms in total. The molecule has 0 bridgehead atoms. The Hall–Kier alpha value is -3.11. The van der Waals surface area contributed by atoms with Gasteiger partial charge in [-0.25, -0.2) is 4.79 Å². The van der Waals surface area contributed by atoms with E-state index < -0.39 is 53.7 Å². The fourth-order valence-corrected chi connectivity index (χ4v) is 3.10. The van der Waals surface area contributed by atoms with Gasteiger partial charge in [-0.15, -0.1) is 0 Å². The number of carbonyl (C=O) groups is 3. The molecule has 4 unspecified atom stereocenters. The lowest BCUT2D eigenvalue weighted by molar-refractivity contribution is -0.166.